The van der Waals surface area contributed by atoms with Crippen molar-refractivity contribution < 1.29 is 19.4 Å². The lowest BCUT2D eigenvalue weighted by Gasteiger charge is -2.13. The Morgan fingerprint density at radius 2 is 1.81 bits per heavy atom. The van der Waals surface area contributed by atoms with E-state index >= 15 is 0 Å². The number of rotatable bonds is 8. The van der Waals surface area contributed by atoms with Gasteiger partial charge in [0.1, 0.15) is 16.7 Å². The van der Waals surface area contributed by atoms with Crippen molar-refractivity contribution >= 4 is 46.3 Å². The van der Waals surface area contributed by atoms with Crippen molar-refractivity contribution in [3.05, 3.63) is 69.1 Å². The second-order valence-corrected chi connectivity index (χ2v) is 9.23. The van der Waals surface area contributed by atoms with E-state index in [-0.39, 0.29) is 12.3 Å². The molecule has 0 bridgehead atoms. The smallest absolute Gasteiger partial charge is 0.303 e. The number of hydrogen-bond acceptors (Lipinski definition) is 5. The van der Waals surface area contributed by atoms with Crippen molar-refractivity contribution in [3.63, 3.8) is 0 Å². The fraction of sp³-hybridized carbons (Fsp3) is 0.292. The third kappa shape index (κ3) is 5.95. The molecule has 1 saturated heterocycles. The molecule has 1 N–H and O–H groups in total. The summed E-state index contributed by atoms with van der Waals surface area (Å²) in [4.78, 5) is 25.3. The summed E-state index contributed by atoms with van der Waals surface area (Å²) in [7, 11) is 0. The number of carboxylic acid groups (broad SMARTS) is 1. The Kier molecular flexibility index (Phi) is 7.51. The zero-order valence-corrected chi connectivity index (χ0v) is 19.4. The number of thioether (sulfide) groups is 1. The first-order valence-electron chi connectivity index (χ1n) is 10.0. The SMILES string of the molecule is Cc1cc(C)c(COc2ccc(/C=C3/SC(=S)N(CCCC(=O)O)C3=O)cc2)cc1C. The van der Waals surface area contributed by atoms with Gasteiger partial charge in [-0.05, 0) is 73.2 Å². The van der Waals surface area contributed by atoms with Gasteiger partial charge in [-0.25, -0.2) is 0 Å². The highest BCUT2D eigenvalue weighted by Crippen LogP contribution is 2.33. The highest BCUT2D eigenvalue weighted by Gasteiger charge is 2.31. The summed E-state index contributed by atoms with van der Waals surface area (Å²) < 4.78 is 6.41. The van der Waals surface area contributed by atoms with Crippen LogP contribution in [0, 0.1) is 20.8 Å². The average molecular weight is 456 g/mol. The van der Waals surface area contributed by atoms with Gasteiger partial charge in [-0.1, -0.05) is 48.2 Å². The summed E-state index contributed by atoms with van der Waals surface area (Å²) >= 11 is 6.52. The van der Waals surface area contributed by atoms with Gasteiger partial charge < -0.3 is 9.84 Å². The molecule has 7 heteroatoms. The Morgan fingerprint density at radius 1 is 1.13 bits per heavy atom. The monoisotopic (exact) mass is 455 g/mol. The van der Waals surface area contributed by atoms with Crippen LogP contribution in [0.2, 0.25) is 0 Å². The van der Waals surface area contributed by atoms with Gasteiger partial charge in [0.05, 0.1) is 4.91 Å². The van der Waals surface area contributed by atoms with E-state index in [1.807, 2.05) is 24.3 Å². The Balaban J connectivity index is 1.62. The Bertz CT molecular complexity index is 1040. The summed E-state index contributed by atoms with van der Waals surface area (Å²) in [5, 5.41) is 8.76. The number of aliphatic carboxylic acids is 1. The van der Waals surface area contributed by atoms with Gasteiger partial charge in [0.25, 0.3) is 5.91 Å². The number of carbonyl (C=O) groups excluding carboxylic acids is 1. The first kappa shape index (κ1) is 23.0. The molecule has 1 aliphatic heterocycles. The van der Waals surface area contributed by atoms with Gasteiger partial charge in [-0.3, -0.25) is 14.5 Å². The van der Waals surface area contributed by atoms with Crippen LogP contribution in [-0.4, -0.2) is 32.7 Å². The lowest BCUT2D eigenvalue weighted by atomic mass is 10.0. The zero-order valence-electron chi connectivity index (χ0n) is 17.8. The third-order valence-electron chi connectivity index (χ3n) is 5.17. The van der Waals surface area contributed by atoms with Crippen LogP contribution in [0.4, 0.5) is 0 Å². The topological polar surface area (TPSA) is 66.8 Å². The van der Waals surface area contributed by atoms with Gasteiger partial charge in [-0.15, -0.1) is 0 Å². The number of amides is 1. The van der Waals surface area contributed by atoms with Crippen LogP contribution in [-0.2, 0) is 16.2 Å². The predicted octanol–water partition coefficient (Wildman–Crippen LogP) is 5.26. The van der Waals surface area contributed by atoms with E-state index in [2.05, 4.69) is 32.9 Å². The molecule has 1 fully saturated rings. The van der Waals surface area contributed by atoms with Crippen molar-refractivity contribution in [2.75, 3.05) is 6.54 Å². The Hall–Kier alpha value is -2.64. The highest BCUT2D eigenvalue weighted by molar-refractivity contribution is 8.26. The maximum absolute atomic E-state index is 12.6. The van der Waals surface area contributed by atoms with E-state index in [9.17, 15) is 9.59 Å². The van der Waals surface area contributed by atoms with E-state index < -0.39 is 5.97 Å². The molecular formula is C24H25NO4S2. The van der Waals surface area contributed by atoms with Gasteiger partial charge in [0, 0.05) is 13.0 Å². The number of hydrogen-bond donors (Lipinski definition) is 1. The maximum Gasteiger partial charge on any atom is 0.303 e. The number of ether oxygens (including phenoxy) is 1. The number of carboxylic acids is 1. The Morgan fingerprint density at radius 3 is 2.48 bits per heavy atom. The van der Waals surface area contributed by atoms with E-state index in [4.69, 9.17) is 22.1 Å². The molecule has 3 rings (SSSR count). The summed E-state index contributed by atoms with van der Waals surface area (Å²) in [5.41, 5.74) is 5.78. The summed E-state index contributed by atoms with van der Waals surface area (Å²) in [5.74, 6) is -0.294. The molecule has 0 unspecified atom stereocenters. The largest absolute Gasteiger partial charge is 0.489 e. The molecule has 0 aliphatic carbocycles. The van der Waals surface area contributed by atoms with Crippen LogP contribution in [0.1, 0.15) is 40.7 Å². The van der Waals surface area contributed by atoms with Crippen molar-refractivity contribution in [2.24, 2.45) is 0 Å². The van der Waals surface area contributed by atoms with Crippen molar-refractivity contribution in [2.45, 2.75) is 40.2 Å². The summed E-state index contributed by atoms with van der Waals surface area (Å²) in [6.45, 7) is 7.11. The Labute approximate surface area is 192 Å². The van der Waals surface area contributed by atoms with E-state index in [1.54, 1.807) is 6.08 Å². The molecule has 1 heterocycles. The molecule has 0 aromatic heterocycles. The minimum absolute atomic E-state index is 0.0131. The van der Waals surface area contributed by atoms with Crippen molar-refractivity contribution in [1.29, 1.82) is 0 Å². The fourth-order valence-corrected chi connectivity index (χ4v) is 4.54. The lowest BCUT2D eigenvalue weighted by Crippen LogP contribution is -2.29. The van der Waals surface area contributed by atoms with Crippen LogP contribution in [0.5, 0.6) is 5.75 Å². The van der Waals surface area contributed by atoms with Crippen LogP contribution in [0.25, 0.3) is 6.08 Å². The molecule has 2 aromatic carbocycles. The molecule has 0 atom stereocenters. The first-order chi connectivity index (χ1) is 14.7. The van der Waals surface area contributed by atoms with Gasteiger partial charge in [0.15, 0.2) is 0 Å². The zero-order chi connectivity index (χ0) is 22.5. The minimum Gasteiger partial charge on any atom is -0.489 e. The number of aryl methyl sites for hydroxylation is 3. The molecule has 162 valence electrons. The lowest BCUT2D eigenvalue weighted by molar-refractivity contribution is -0.137. The third-order valence-corrected chi connectivity index (χ3v) is 6.55. The quantitative estimate of drug-likeness (QED) is 0.433. The molecule has 0 spiro atoms. The van der Waals surface area contributed by atoms with Crippen LogP contribution >= 0.6 is 24.0 Å². The van der Waals surface area contributed by atoms with Gasteiger partial charge in [-0.2, -0.15) is 0 Å². The minimum atomic E-state index is -0.879. The molecule has 2 aromatic rings. The molecule has 1 amide bonds. The van der Waals surface area contributed by atoms with Crippen molar-refractivity contribution in [3.8, 4) is 5.75 Å². The molecule has 0 radical (unpaired) electrons. The highest BCUT2D eigenvalue weighted by atomic mass is 32.2. The number of nitrogens with zero attached hydrogens (tertiary/aromatic N) is 1. The van der Waals surface area contributed by atoms with E-state index in [0.29, 0.717) is 28.8 Å². The number of thiocarbonyl (C=S) groups is 1. The molecule has 31 heavy (non-hydrogen) atoms. The molecular weight excluding hydrogens is 430 g/mol. The van der Waals surface area contributed by atoms with Gasteiger partial charge in [0.2, 0.25) is 0 Å². The van der Waals surface area contributed by atoms with Crippen LogP contribution in [0.3, 0.4) is 0 Å². The number of benzene rings is 2. The molecule has 5 nitrogen and oxygen atoms in total. The average Bonchev–Trinajstić information content (AvgIpc) is 2.98. The maximum atomic E-state index is 12.6. The van der Waals surface area contributed by atoms with E-state index in [0.717, 1.165) is 11.3 Å². The van der Waals surface area contributed by atoms with E-state index in [1.165, 1.54) is 38.9 Å². The van der Waals surface area contributed by atoms with Crippen LogP contribution < -0.4 is 4.74 Å². The second-order valence-electron chi connectivity index (χ2n) is 7.55. The first-order valence-corrected chi connectivity index (χ1v) is 11.2. The predicted molar refractivity (Wildman–Crippen MR) is 128 cm³/mol. The normalized spacial score (nSPS) is 15.1. The van der Waals surface area contributed by atoms with Gasteiger partial charge >= 0.3 is 5.97 Å². The molecule has 1 aliphatic rings. The molecule has 0 saturated carbocycles. The second kappa shape index (κ2) is 10.1. The number of carbonyl (C=O) groups is 2. The summed E-state index contributed by atoms with van der Waals surface area (Å²) in [6, 6.07) is 11.9. The van der Waals surface area contributed by atoms with Crippen molar-refractivity contribution in [1.82, 2.24) is 4.90 Å². The summed E-state index contributed by atoms with van der Waals surface area (Å²) in [6.07, 6.45) is 2.19. The fourth-order valence-electron chi connectivity index (χ4n) is 3.23. The van der Waals surface area contributed by atoms with Crippen LogP contribution in [0.15, 0.2) is 41.3 Å². The standard InChI is InChI=1S/C24H25NO4S2/c1-15-11-17(3)19(12-16(15)2)14-29-20-8-6-18(7-9-20)13-21-23(28)25(24(30)31-21)10-4-5-22(26)27/h6-9,11-13H,4-5,10,14H2,1-3H3,(H,26,27)/b21-13+.